The minimum absolute atomic E-state index is 0.0259. The Balaban J connectivity index is 1.51. The fourth-order valence-corrected chi connectivity index (χ4v) is 3.89. The summed E-state index contributed by atoms with van der Waals surface area (Å²) in [5.74, 6) is 0. The van der Waals surface area contributed by atoms with Gasteiger partial charge in [0.1, 0.15) is 5.60 Å². The van der Waals surface area contributed by atoms with E-state index in [1.165, 1.54) is 11.1 Å². The molecule has 0 amide bonds. The lowest BCUT2D eigenvalue weighted by atomic mass is 9.93. The summed E-state index contributed by atoms with van der Waals surface area (Å²) < 4.78 is 8.25. The van der Waals surface area contributed by atoms with Gasteiger partial charge < -0.3 is 4.74 Å². The monoisotopic (exact) mass is 326 g/mol. The van der Waals surface area contributed by atoms with Gasteiger partial charge in [0, 0.05) is 19.6 Å². The van der Waals surface area contributed by atoms with Crippen LogP contribution in [0.4, 0.5) is 0 Å². The van der Waals surface area contributed by atoms with Crippen molar-refractivity contribution in [3.8, 4) is 0 Å². The summed E-state index contributed by atoms with van der Waals surface area (Å²) in [5.41, 5.74) is 3.70. The SMILES string of the molecule is CC(C)(C)n1cc(CN2CCOC3(CCc4ccccc43)C2)nn1. The van der Waals surface area contributed by atoms with Gasteiger partial charge in [0.05, 0.1) is 24.0 Å². The van der Waals surface area contributed by atoms with Crippen LogP contribution in [0, 0.1) is 0 Å². The van der Waals surface area contributed by atoms with Gasteiger partial charge in [0.2, 0.25) is 0 Å². The average molecular weight is 326 g/mol. The predicted molar refractivity (Wildman–Crippen MR) is 92.7 cm³/mol. The molecular formula is C19H26N4O. The molecule has 1 aliphatic carbocycles. The number of nitrogens with zero attached hydrogens (tertiary/aromatic N) is 4. The molecule has 1 fully saturated rings. The van der Waals surface area contributed by atoms with Crippen molar-refractivity contribution in [3.05, 3.63) is 47.3 Å². The first-order valence-electron chi connectivity index (χ1n) is 8.83. The van der Waals surface area contributed by atoms with Gasteiger partial charge in [-0.15, -0.1) is 5.10 Å². The second-order valence-corrected chi connectivity index (χ2v) is 8.04. The summed E-state index contributed by atoms with van der Waals surface area (Å²) in [7, 11) is 0. The molecule has 0 N–H and O–H groups in total. The lowest BCUT2D eigenvalue weighted by molar-refractivity contribution is -0.116. The molecule has 0 bridgehead atoms. The zero-order valence-electron chi connectivity index (χ0n) is 14.8. The molecule has 1 aliphatic heterocycles. The number of fused-ring (bicyclic) bond motifs is 2. The van der Waals surface area contributed by atoms with E-state index in [-0.39, 0.29) is 11.1 Å². The second-order valence-electron chi connectivity index (χ2n) is 8.04. The van der Waals surface area contributed by atoms with Crippen LogP contribution in [0.15, 0.2) is 30.5 Å². The number of hydrogen-bond acceptors (Lipinski definition) is 4. The maximum absolute atomic E-state index is 6.30. The number of rotatable bonds is 2. The average Bonchev–Trinajstić information content (AvgIpc) is 3.14. The molecule has 1 aromatic heterocycles. The maximum Gasteiger partial charge on any atom is 0.106 e. The Morgan fingerprint density at radius 1 is 1.25 bits per heavy atom. The molecule has 1 unspecified atom stereocenters. The molecular weight excluding hydrogens is 300 g/mol. The van der Waals surface area contributed by atoms with Crippen molar-refractivity contribution in [2.75, 3.05) is 19.7 Å². The minimum atomic E-state index is -0.130. The van der Waals surface area contributed by atoms with Crippen molar-refractivity contribution in [1.82, 2.24) is 19.9 Å². The van der Waals surface area contributed by atoms with Crippen molar-refractivity contribution in [2.24, 2.45) is 0 Å². The molecule has 4 rings (SSSR count). The first-order valence-corrected chi connectivity index (χ1v) is 8.83. The minimum Gasteiger partial charge on any atom is -0.368 e. The van der Waals surface area contributed by atoms with Gasteiger partial charge in [-0.2, -0.15) is 0 Å². The number of morpholine rings is 1. The molecule has 0 radical (unpaired) electrons. The number of hydrogen-bond donors (Lipinski definition) is 0. The van der Waals surface area contributed by atoms with Gasteiger partial charge in [-0.3, -0.25) is 4.90 Å². The Morgan fingerprint density at radius 2 is 2.08 bits per heavy atom. The molecule has 1 aromatic carbocycles. The Labute approximate surface area is 143 Å². The van der Waals surface area contributed by atoms with Crippen molar-refractivity contribution in [2.45, 2.75) is 51.3 Å². The lowest BCUT2D eigenvalue weighted by Crippen LogP contribution is -2.48. The second kappa shape index (κ2) is 5.67. The number of aromatic nitrogens is 3. The van der Waals surface area contributed by atoms with E-state index in [1.807, 2.05) is 4.68 Å². The van der Waals surface area contributed by atoms with E-state index in [9.17, 15) is 0 Å². The molecule has 2 heterocycles. The third kappa shape index (κ3) is 2.76. The first-order chi connectivity index (χ1) is 11.5. The molecule has 1 atom stereocenters. The summed E-state index contributed by atoms with van der Waals surface area (Å²) in [5, 5.41) is 8.65. The molecule has 0 saturated carbocycles. The van der Waals surface area contributed by atoms with E-state index in [1.54, 1.807) is 0 Å². The molecule has 5 nitrogen and oxygen atoms in total. The van der Waals surface area contributed by atoms with Crippen LogP contribution in [0.2, 0.25) is 0 Å². The number of aryl methyl sites for hydroxylation is 1. The van der Waals surface area contributed by atoms with Gasteiger partial charge >= 0.3 is 0 Å². The van der Waals surface area contributed by atoms with Crippen LogP contribution in [0.5, 0.6) is 0 Å². The van der Waals surface area contributed by atoms with Crippen LogP contribution in [-0.4, -0.2) is 39.6 Å². The van der Waals surface area contributed by atoms with Crippen molar-refractivity contribution in [1.29, 1.82) is 0 Å². The highest BCUT2D eigenvalue weighted by molar-refractivity contribution is 5.38. The van der Waals surface area contributed by atoms with Crippen LogP contribution < -0.4 is 0 Å². The van der Waals surface area contributed by atoms with Gasteiger partial charge in [-0.1, -0.05) is 29.5 Å². The predicted octanol–water partition coefficient (Wildman–Crippen LogP) is 2.71. The fourth-order valence-electron chi connectivity index (χ4n) is 3.89. The van der Waals surface area contributed by atoms with E-state index in [0.29, 0.717) is 0 Å². The summed E-state index contributed by atoms with van der Waals surface area (Å²) in [4.78, 5) is 2.46. The molecule has 2 aliphatic rings. The molecule has 1 spiro atoms. The zero-order valence-corrected chi connectivity index (χ0v) is 14.8. The van der Waals surface area contributed by atoms with Crippen LogP contribution in [0.3, 0.4) is 0 Å². The van der Waals surface area contributed by atoms with E-state index in [2.05, 4.69) is 66.4 Å². The highest BCUT2D eigenvalue weighted by Crippen LogP contribution is 2.42. The lowest BCUT2D eigenvalue weighted by Gasteiger charge is -2.41. The van der Waals surface area contributed by atoms with E-state index in [4.69, 9.17) is 4.74 Å². The van der Waals surface area contributed by atoms with E-state index >= 15 is 0 Å². The summed E-state index contributed by atoms with van der Waals surface area (Å²) in [6, 6.07) is 8.73. The molecule has 1 saturated heterocycles. The normalized spacial score (nSPS) is 24.5. The number of ether oxygens (including phenoxy) is 1. The van der Waals surface area contributed by atoms with Gasteiger partial charge in [0.15, 0.2) is 0 Å². The fraction of sp³-hybridized carbons (Fsp3) is 0.579. The standard InChI is InChI=1S/C19H26N4O/c1-18(2,3)23-13-16(20-21-23)12-22-10-11-24-19(14-22)9-8-15-6-4-5-7-17(15)19/h4-7,13H,8-12,14H2,1-3H3. The summed E-state index contributed by atoms with van der Waals surface area (Å²) >= 11 is 0. The molecule has 24 heavy (non-hydrogen) atoms. The third-order valence-corrected chi connectivity index (χ3v) is 5.19. The largest absolute Gasteiger partial charge is 0.368 e. The molecule has 5 heteroatoms. The highest BCUT2D eigenvalue weighted by atomic mass is 16.5. The quantitative estimate of drug-likeness (QED) is 0.851. The van der Waals surface area contributed by atoms with Gasteiger partial charge in [-0.25, -0.2) is 4.68 Å². The summed E-state index contributed by atoms with van der Waals surface area (Å²) in [6.45, 7) is 9.93. The molecule has 2 aromatic rings. The topological polar surface area (TPSA) is 43.2 Å². The first kappa shape index (κ1) is 15.8. The maximum atomic E-state index is 6.30. The van der Waals surface area contributed by atoms with Crippen molar-refractivity contribution in [3.63, 3.8) is 0 Å². The smallest absolute Gasteiger partial charge is 0.106 e. The Hall–Kier alpha value is -1.72. The van der Waals surface area contributed by atoms with Crippen molar-refractivity contribution < 1.29 is 4.74 Å². The Morgan fingerprint density at radius 3 is 2.88 bits per heavy atom. The molecule has 128 valence electrons. The highest BCUT2D eigenvalue weighted by Gasteiger charge is 2.43. The van der Waals surface area contributed by atoms with Crippen molar-refractivity contribution >= 4 is 0 Å². The Kier molecular flexibility index (Phi) is 3.73. The van der Waals surface area contributed by atoms with Crippen LogP contribution in [-0.2, 0) is 28.8 Å². The van der Waals surface area contributed by atoms with Crippen LogP contribution in [0.1, 0.15) is 44.0 Å². The summed E-state index contributed by atoms with van der Waals surface area (Å²) in [6.07, 6.45) is 4.27. The zero-order chi connectivity index (χ0) is 16.8. The van der Waals surface area contributed by atoms with E-state index in [0.717, 1.165) is 44.8 Å². The van der Waals surface area contributed by atoms with Gasteiger partial charge in [0.25, 0.3) is 0 Å². The van der Waals surface area contributed by atoms with Crippen LogP contribution in [0.25, 0.3) is 0 Å². The van der Waals surface area contributed by atoms with E-state index < -0.39 is 0 Å². The van der Waals surface area contributed by atoms with Gasteiger partial charge in [-0.05, 0) is 44.7 Å². The van der Waals surface area contributed by atoms with Crippen LogP contribution >= 0.6 is 0 Å². The third-order valence-electron chi connectivity index (χ3n) is 5.19. The Bertz CT molecular complexity index is 729. The number of benzene rings is 1.